The summed E-state index contributed by atoms with van der Waals surface area (Å²) in [6, 6.07) is -1.06. The maximum Gasteiger partial charge on any atom is 0.312 e. The minimum Gasteiger partial charge on any atom is -0.352 e. The van der Waals surface area contributed by atoms with Crippen LogP contribution in [-0.2, 0) is 4.79 Å². The molecule has 3 amide bonds. The van der Waals surface area contributed by atoms with Crippen LogP contribution in [0.25, 0.3) is 0 Å². The van der Waals surface area contributed by atoms with Crippen molar-refractivity contribution in [2.24, 2.45) is 5.73 Å². The van der Waals surface area contributed by atoms with E-state index in [2.05, 4.69) is 10.6 Å². The number of halogens is 1. The van der Waals surface area contributed by atoms with Crippen molar-refractivity contribution in [3.8, 4) is 0 Å². The number of carbonyl (C=O) groups is 2. The Bertz CT molecular complexity index is 262. The van der Waals surface area contributed by atoms with Gasteiger partial charge in [0.05, 0.1) is 0 Å². The second-order valence-electron chi connectivity index (χ2n) is 3.82. The minimum absolute atomic E-state index is 0. The van der Waals surface area contributed by atoms with Gasteiger partial charge in [-0.3, -0.25) is 4.79 Å². The minimum atomic E-state index is -0.668. The van der Waals surface area contributed by atoms with Crippen LogP contribution in [0.2, 0.25) is 0 Å². The van der Waals surface area contributed by atoms with Gasteiger partial charge >= 0.3 is 6.03 Å². The molecule has 2 atom stereocenters. The van der Waals surface area contributed by atoms with Gasteiger partial charge in [0.1, 0.15) is 6.04 Å². The smallest absolute Gasteiger partial charge is 0.312 e. The number of nitrogens with two attached hydrogens (primary N) is 1. The van der Waals surface area contributed by atoms with Crippen LogP contribution in [0, 0.1) is 0 Å². The molecule has 0 radical (unpaired) electrons. The third-order valence-corrected chi connectivity index (χ3v) is 2.51. The van der Waals surface area contributed by atoms with E-state index in [1.165, 1.54) is 0 Å². The zero-order valence-electron chi connectivity index (χ0n) is 9.53. The second kappa shape index (κ2) is 6.55. The Morgan fingerprint density at radius 2 is 2.19 bits per heavy atom. The molecule has 94 valence electrons. The van der Waals surface area contributed by atoms with Crippen molar-refractivity contribution in [1.82, 2.24) is 15.5 Å². The van der Waals surface area contributed by atoms with Crippen LogP contribution in [0.4, 0.5) is 4.79 Å². The fraction of sp³-hybridized carbons (Fsp3) is 0.778. The average molecular weight is 251 g/mol. The van der Waals surface area contributed by atoms with Crippen LogP contribution in [0.15, 0.2) is 0 Å². The van der Waals surface area contributed by atoms with Gasteiger partial charge in [-0.1, -0.05) is 0 Å². The standard InChI is InChI=1S/C9H18N4O2.ClH/c1-6-5-11-3-4-13(6)8(14)7(2)12-9(10)15;/h6-7,11H,3-5H2,1-2H3,(H3,10,12,15);1H/t6-,7?;/m0./s1. The lowest BCUT2D eigenvalue weighted by molar-refractivity contribution is -0.135. The highest BCUT2D eigenvalue weighted by Crippen LogP contribution is 2.04. The van der Waals surface area contributed by atoms with E-state index in [0.29, 0.717) is 6.54 Å². The normalized spacial score (nSPS) is 21.9. The summed E-state index contributed by atoms with van der Waals surface area (Å²) in [6.07, 6.45) is 0. The maximum atomic E-state index is 11.9. The van der Waals surface area contributed by atoms with E-state index in [9.17, 15) is 9.59 Å². The van der Waals surface area contributed by atoms with Gasteiger partial charge in [-0.05, 0) is 13.8 Å². The van der Waals surface area contributed by atoms with Gasteiger partial charge in [0, 0.05) is 25.7 Å². The van der Waals surface area contributed by atoms with Crippen molar-refractivity contribution in [1.29, 1.82) is 0 Å². The number of hydrogen-bond donors (Lipinski definition) is 3. The molecular formula is C9H19ClN4O2. The van der Waals surface area contributed by atoms with Crippen LogP contribution in [0.1, 0.15) is 13.8 Å². The number of carbonyl (C=O) groups excluding carboxylic acids is 2. The summed E-state index contributed by atoms with van der Waals surface area (Å²) < 4.78 is 0. The lowest BCUT2D eigenvalue weighted by Crippen LogP contribution is -2.57. The number of nitrogens with one attached hydrogen (secondary N) is 2. The molecule has 1 fully saturated rings. The maximum absolute atomic E-state index is 11.9. The molecule has 0 bridgehead atoms. The molecule has 16 heavy (non-hydrogen) atoms. The Morgan fingerprint density at radius 3 is 2.69 bits per heavy atom. The van der Waals surface area contributed by atoms with Gasteiger partial charge in [-0.15, -0.1) is 12.4 Å². The summed E-state index contributed by atoms with van der Waals surface area (Å²) in [5.41, 5.74) is 4.96. The van der Waals surface area contributed by atoms with E-state index >= 15 is 0 Å². The van der Waals surface area contributed by atoms with Gasteiger partial charge in [0.25, 0.3) is 0 Å². The first-order valence-electron chi connectivity index (χ1n) is 5.09. The third-order valence-electron chi connectivity index (χ3n) is 2.51. The summed E-state index contributed by atoms with van der Waals surface area (Å²) in [5, 5.41) is 5.58. The first kappa shape index (κ1) is 15.0. The number of piperazine rings is 1. The molecular weight excluding hydrogens is 232 g/mol. The van der Waals surface area contributed by atoms with E-state index in [1.807, 2.05) is 6.92 Å². The molecule has 0 saturated carbocycles. The van der Waals surface area contributed by atoms with E-state index < -0.39 is 12.1 Å². The van der Waals surface area contributed by atoms with Crippen LogP contribution in [-0.4, -0.2) is 48.6 Å². The molecule has 0 spiro atoms. The molecule has 1 aliphatic rings. The molecule has 1 aliphatic heterocycles. The van der Waals surface area contributed by atoms with E-state index in [1.54, 1.807) is 11.8 Å². The van der Waals surface area contributed by atoms with Crippen molar-refractivity contribution in [3.05, 3.63) is 0 Å². The molecule has 1 saturated heterocycles. The van der Waals surface area contributed by atoms with E-state index in [0.717, 1.165) is 13.1 Å². The predicted octanol–water partition coefficient (Wildman–Crippen LogP) is -0.715. The monoisotopic (exact) mass is 250 g/mol. The number of urea groups is 1. The Morgan fingerprint density at radius 1 is 1.56 bits per heavy atom. The summed E-state index contributed by atoms with van der Waals surface area (Å²) in [5.74, 6) is -0.0807. The molecule has 4 N–H and O–H groups in total. The first-order chi connectivity index (χ1) is 7.02. The topological polar surface area (TPSA) is 87.5 Å². The van der Waals surface area contributed by atoms with Crippen molar-refractivity contribution in [3.63, 3.8) is 0 Å². The van der Waals surface area contributed by atoms with Gasteiger partial charge in [0.2, 0.25) is 5.91 Å². The lowest BCUT2D eigenvalue weighted by Gasteiger charge is -2.35. The summed E-state index contributed by atoms with van der Waals surface area (Å²) in [7, 11) is 0. The molecule has 0 aromatic heterocycles. The molecule has 7 heteroatoms. The van der Waals surface area contributed by atoms with E-state index in [-0.39, 0.29) is 24.4 Å². The molecule has 1 heterocycles. The van der Waals surface area contributed by atoms with Gasteiger partial charge in [-0.25, -0.2) is 4.79 Å². The number of rotatable bonds is 2. The quantitative estimate of drug-likeness (QED) is 0.605. The first-order valence-corrected chi connectivity index (χ1v) is 5.09. The number of amides is 3. The van der Waals surface area contributed by atoms with Crippen LogP contribution < -0.4 is 16.4 Å². The molecule has 1 unspecified atom stereocenters. The summed E-state index contributed by atoms with van der Waals surface area (Å²) in [4.78, 5) is 24.2. The largest absolute Gasteiger partial charge is 0.352 e. The lowest BCUT2D eigenvalue weighted by atomic mass is 10.2. The van der Waals surface area contributed by atoms with Crippen LogP contribution in [0.3, 0.4) is 0 Å². The Labute approximate surface area is 101 Å². The van der Waals surface area contributed by atoms with E-state index in [4.69, 9.17) is 5.73 Å². The number of hydrogen-bond acceptors (Lipinski definition) is 3. The number of primary amides is 1. The molecule has 0 aromatic carbocycles. The fourth-order valence-electron chi connectivity index (χ4n) is 1.69. The Balaban J connectivity index is 0.00000225. The summed E-state index contributed by atoms with van der Waals surface area (Å²) in [6.45, 7) is 5.86. The highest BCUT2D eigenvalue weighted by Gasteiger charge is 2.27. The SMILES string of the molecule is CC(NC(N)=O)C(=O)N1CCNC[C@@H]1C.Cl. The van der Waals surface area contributed by atoms with Gasteiger partial charge < -0.3 is 21.3 Å². The average Bonchev–Trinajstić information content (AvgIpc) is 2.16. The Kier molecular flexibility index (Phi) is 6.13. The van der Waals surface area contributed by atoms with Gasteiger partial charge in [0.15, 0.2) is 0 Å². The Hall–Kier alpha value is -1.01. The summed E-state index contributed by atoms with van der Waals surface area (Å²) >= 11 is 0. The van der Waals surface area contributed by atoms with Crippen molar-refractivity contribution < 1.29 is 9.59 Å². The van der Waals surface area contributed by atoms with Crippen molar-refractivity contribution in [2.75, 3.05) is 19.6 Å². The molecule has 1 rings (SSSR count). The molecule has 0 aliphatic carbocycles. The van der Waals surface area contributed by atoms with Crippen molar-refractivity contribution in [2.45, 2.75) is 25.9 Å². The molecule has 0 aromatic rings. The highest BCUT2D eigenvalue weighted by atomic mass is 35.5. The molecule has 6 nitrogen and oxygen atoms in total. The zero-order valence-corrected chi connectivity index (χ0v) is 10.3. The zero-order chi connectivity index (χ0) is 11.4. The predicted molar refractivity (Wildman–Crippen MR) is 63.5 cm³/mol. The second-order valence-corrected chi connectivity index (χ2v) is 3.82. The number of nitrogens with zero attached hydrogens (tertiary/aromatic N) is 1. The van der Waals surface area contributed by atoms with Crippen molar-refractivity contribution >= 4 is 24.3 Å². The third kappa shape index (κ3) is 3.86. The van der Waals surface area contributed by atoms with Crippen LogP contribution >= 0.6 is 12.4 Å². The van der Waals surface area contributed by atoms with Gasteiger partial charge in [-0.2, -0.15) is 0 Å². The highest BCUT2D eigenvalue weighted by molar-refractivity contribution is 5.86. The van der Waals surface area contributed by atoms with Crippen LogP contribution in [0.5, 0.6) is 0 Å². The fourth-order valence-corrected chi connectivity index (χ4v) is 1.69.